The van der Waals surface area contributed by atoms with E-state index < -0.39 is 17.4 Å². The van der Waals surface area contributed by atoms with Gasteiger partial charge < -0.3 is 10.2 Å². The van der Waals surface area contributed by atoms with Crippen molar-refractivity contribution in [2.24, 2.45) is 17.3 Å². The fourth-order valence-corrected chi connectivity index (χ4v) is 6.14. The van der Waals surface area contributed by atoms with Crippen LogP contribution in [0.3, 0.4) is 0 Å². The summed E-state index contributed by atoms with van der Waals surface area (Å²) in [5, 5.41) is 19.7. The van der Waals surface area contributed by atoms with Crippen LogP contribution in [-0.4, -0.2) is 22.2 Å². The lowest BCUT2D eigenvalue weighted by Crippen LogP contribution is -2.39. The average Bonchev–Trinajstić information content (AvgIpc) is 2.91. The summed E-state index contributed by atoms with van der Waals surface area (Å²) < 4.78 is 0. The topological polar surface area (TPSA) is 74.6 Å². The van der Waals surface area contributed by atoms with E-state index in [1.54, 1.807) is 0 Å². The van der Waals surface area contributed by atoms with Gasteiger partial charge in [0.1, 0.15) is 0 Å². The van der Waals surface area contributed by atoms with Crippen LogP contribution in [0.1, 0.15) is 207 Å². The van der Waals surface area contributed by atoms with Crippen LogP contribution in [0, 0.1) is 17.3 Å². The molecule has 0 unspecified atom stereocenters. The molecule has 0 saturated heterocycles. The molecular formula is C37H72O4. The van der Waals surface area contributed by atoms with E-state index in [9.17, 15) is 19.8 Å². The van der Waals surface area contributed by atoms with Gasteiger partial charge >= 0.3 is 11.9 Å². The largest absolute Gasteiger partial charge is 0.480 e. The molecule has 41 heavy (non-hydrogen) atoms. The van der Waals surface area contributed by atoms with Crippen molar-refractivity contribution in [2.75, 3.05) is 0 Å². The molecule has 0 aromatic heterocycles. The maximum Gasteiger partial charge on any atom is 0.321 e. The molecule has 0 saturated carbocycles. The Bertz CT molecular complexity index is 546. The number of hydrogen-bond donors (Lipinski definition) is 2. The first-order valence-electron chi connectivity index (χ1n) is 18.2. The normalized spacial score (nSPS) is 12.0. The first kappa shape index (κ1) is 39.9. The van der Waals surface area contributed by atoms with Crippen molar-refractivity contribution in [3.63, 3.8) is 0 Å². The second-order valence-corrected chi connectivity index (χ2v) is 14.0. The Morgan fingerprint density at radius 2 is 0.585 bits per heavy atom. The zero-order valence-corrected chi connectivity index (χ0v) is 28.2. The van der Waals surface area contributed by atoms with Crippen molar-refractivity contribution in [2.45, 2.75) is 207 Å². The zero-order valence-electron chi connectivity index (χ0n) is 28.2. The summed E-state index contributed by atoms with van der Waals surface area (Å²) in [6, 6.07) is 0. The molecule has 0 spiro atoms. The highest BCUT2D eigenvalue weighted by atomic mass is 16.4. The highest BCUT2D eigenvalue weighted by Gasteiger charge is 2.45. The molecule has 0 aliphatic rings. The summed E-state index contributed by atoms with van der Waals surface area (Å²) >= 11 is 0. The van der Waals surface area contributed by atoms with Crippen LogP contribution < -0.4 is 0 Å². The van der Waals surface area contributed by atoms with E-state index in [0.717, 1.165) is 37.5 Å². The van der Waals surface area contributed by atoms with Gasteiger partial charge in [-0.25, -0.2) is 0 Å². The van der Waals surface area contributed by atoms with Crippen LogP contribution in [0.25, 0.3) is 0 Å². The molecule has 4 heteroatoms. The van der Waals surface area contributed by atoms with Crippen LogP contribution in [0.15, 0.2) is 0 Å². The van der Waals surface area contributed by atoms with E-state index in [0.29, 0.717) is 12.8 Å². The molecule has 0 aliphatic heterocycles. The number of carboxylic acid groups (broad SMARTS) is 2. The van der Waals surface area contributed by atoms with Gasteiger partial charge in [-0.15, -0.1) is 0 Å². The Morgan fingerprint density at radius 1 is 0.390 bits per heavy atom. The van der Waals surface area contributed by atoms with E-state index in [-0.39, 0.29) is 12.8 Å². The zero-order chi connectivity index (χ0) is 30.6. The summed E-state index contributed by atoms with van der Waals surface area (Å²) in [5.74, 6) is -0.618. The van der Waals surface area contributed by atoms with Crippen molar-refractivity contribution in [1.82, 2.24) is 0 Å². The van der Waals surface area contributed by atoms with E-state index in [1.165, 1.54) is 128 Å². The van der Waals surface area contributed by atoms with E-state index >= 15 is 0 Å². The maximum absolute atomic E-state index is 12.0. The van der Waals surface area contributed by atoms with Crippen molar-refractivity contribution >= 4 is 11.9 Å². The fraction of sp³-hybridized carbons (Fsp3) is 0.946. The van der Waals surface area contributed by atoms with Gasteiger partial charge in [0.15, 0.2) is 5.41 Å². The Labute approximate surface area is 256 Å². The van der Waals surface area contributed by atoms with Gasteiger partial charge in [0.2, 0.25) is 0 Å². The van der Waals surface area contributed by atoms with E-state index in [2.05, 4.69) is 27.7 Å². The first-order valence-corrected chi connectivity index (χ1v) is 18.2. The van der Waals surface area contributed by atoms with Crippen LogP contribution in [0.2, 0.25) is 0 Å². The molecule has 0 rings (SSSR count). The second-order valence-electron chi connectivity index (χ2n) is 14.0. The van der Waals surface area contributed by atoms with Gasteiger partial charge in [-0.2, -0.15) is 0 Å². The fourth-order valence-electron chi connectivity index (χ4n) is 6.14. The van der Waals surface area contributed by atoms with Crippen LogP contribution in [0.5, 0.6) is 0 Å². The Hall–Kier alpha value is -1.06. The molecule has 0 amide bonds. The summed E-state index contributed by atoms with van der Waals surface area (Å²) in [4.78, 5) is 24.1. The number of hydrogen-bond acceptors (Lipinski definition) is 2. The van der Waals surface area contributed by atoms with Gasteiger partial charge in [0.05, 0.1) is 0 Å². The van der Waals surface area contributed by atoms with E-state index in [4.69, 9.17) is 0 Å². The Balaban J connectivity index is 3.83. The predicted octanol–water partition coefficient (Wildman–Crippen LogP) is 12.4. The lowest BCUT2D eigenvalue weighted by molar-refractivity contribution is -0.166. The molecule has 0 aromatic carbocycles. The molecule has 0 atom stereocenters. The minimum atomic E-state index is -1.59. The molecule has 0 radical (unpaired) electrons. The molecule has 244 valence electrons. The lowest BCUT2D eigenvalue weighted by atomic mass is 9.78. The van der Waals surface area contributed by atoms with Gasteiger partial charge in [-0.1, -0.05) is 195 Å². The van der Waals surface area contributed by atoms with E-state index in [1.807, 2.05) is 0 Å². The van der Waals surface area contributed by atoms with Crippen LogP contribution >= 0.6 is 0 Å². The molecule has 0 aromatic rings. The molecule has 0 bridgehead atoms. The number of unbranched alkanes of at least 4 members (excludes halogenated alkanes) is 22. The third-order valence-corrected chi connectivity index (χ3v) is 9.09. The van der Waals surface area contributed by atoms with Gasteiger partial charge in [0.25, 0.3) is 0 Å². The number of carbonyl (C=O) groups is 2. The predicted molar refractivity (Wildman–Crippen MR) is 177 cm³/mol. The minimum Gasteiger partial charge on any atom is -0.480 e. The van der Waals surface area contributed by atoms with Crippen molar-refractivity contribution in [3.8, 4) is 0 Å². The number of aliphatic carboxylic acids is 2. The van der Waals surface area contributed by atoms with Gasteiger partial charge in [-0.05, 0) is 24.7 Å². The number of rotatable bonds is 32. The third-order valence-electron chi connectivity index (χ3n) is 9.09. The summed E-state index contributed by atoms with van der Waals surface area (Å²) in [5.41, 5.74) is -1.59. The monoisotopic (exact) mass is 581 g/mol. The summed E-state index contributed by atoms with van der Waals surface area (Å²) in [6.07, 6.45) is 32.5. The highest BCUT2D eigenvalue weighted by Crippen LogP contribution is 2.33. The maximum atomic E-state index is 12.0. The first-order chi connectivity index (χ1) is 19.7. The lowest BCUT2D eigenvalue weighted by Gasteiger charge is -2.25. The standard InChI is InChI=1S/C37H72O4/c1-33(2)29-25-21-17-13-9-5-7-11-15-19-23-27-31-37(35(38)39,36(40)41)32-28-24-20-16-12-8-6-10-14-18-22-26-30-34(3)4/h33-34H,5-32H2,1-4H3,(H,38,39)(H,40,41). The minimum absolute atomic E-state index is 0.270. The Kier molecular flexibility index (Phi) is 27.0. The number of carboxylic acids is 2. The molecule has 0 aliphatic carbocycles. The SMILES string of the molecule is CC(C)CCCCCCCCCCCCCCC(CCCCCCCCCCCCCCC(C)C)(C(=O)O)C(=O)O. The van der Waals surface area contributed by atoms with Gasteiger partial charge in [0, 0.05) is 0 Å². The molecule has 2 N–H and O–H groups in total. The molecule has 0 fully saturated rings. The van der Waals surface area contributed by atoms with Crippen LogP contribution in [-0.2, 0) is 9.59 Å². The van der Waals surface area contributed by atoms with Crippen LogP contribution in [0.4, 0.5) is 0 Å². The van der Waals surface area contributed by atoms with Crippen molar-refractivity contribution in [3.05, 3.63) is 0 Å². The smallest absolute Gasteiger partial charge is 0.321 e. The third kappa shape index (κ3) is 24.1. The average molecular weight is 581 g/mol. The van der Waals surface area contributed by atoms with Crippen molar-refractivity contribution in [1.29, 1.82) is 0 Å². The molecule has 4 nitrogen and oxygen atoms in total. The molecule has 0 heterocycles. The summed E-state index contributed by atoms with van der Waals surface area (Å²) in [6.45, 7) is 9.21. The quantitative estimate of drug-likeness (QED) is 0.0613. The highest BCUT2D eigenvalue weighted by molar-refractivity contribution is 5.98. The molecular weight excluding hydrogens is 508 g/mol. The second kappa shape index (κ2) is 27.8. The summed E-state index contributed by atoms with van der Waals surface area (Å²) in [7, 11) is 0. The van der Waals surface area contributed by atoms with Gasteiger partial charge in [-0.3, -0.25) is 9.59 Å². The Morgan fingerprint density at radius 3 is 0.780 bits per heavy atom. The van der Waals surface area contributed by atoms with Crippen molar-refractivity contribution < 1.29 is 19.8 Å².